The van der Waals surface area contributed by atoms with Crippen molar-refractivity contribution in [2.75, 3.05) is 36.8 Å². The molecule has 2 heterocycles. The quantitative estimate of drug-likeness (QED) is 0.544. The summed E-state index contributed by atoms with van der Waals surface area (Å²) in [4.78, 5) is 16.9. The van der Waals surface area contributed by atoms with Gasteiger partial charge >= 0.3 is 0 Å². The Kier molecular flexibility index (Phi) is 6.29. The average Bonchev–Trinajstić information content (AvgIpc) is 3.24. The number of piperazine rings is 1. The molecule has 0 N–H and O–H groups in total. The van der Waals surface area contributed by atoms with E-state index in [1.807, 2.05) is 17.0 Å². The zero-order valence-corrected chi connectivity index (χ0v) is 18.5. The maximum absolute atomic E-state index is 12.6. The number of hydrogen-bond acceptors (Lipinski definition) is 6. The van der Waals surface area contributed by atoms with Crippen LogP contribution in [0.4, 0.5) is 5.69 Å². The number of amides is 1. The molecule has 0 bridgehead atoms. The minimum Gasteiger partial charge on any atom is -0.411 e. The van der Waals surface area contributed by atoms with Crippen LogP contribution >= 0.6 is 23.4 Å². The summed E-state index contributed by atoms with van der Waals surface area (Å²) >= 11 is 7.18. The molecule has 2 aromatic carbocycles. The van der Waals surface area contributed by atoms with Crippen molar-refractivity contribution in [3.05, 3.63) is 58.6 Å². The molecule has 156 valence electrons. The van der Waals surface area contributed by atoms with Crippen LogP contribution in [-0.2, 0) is 4.79 Å². The lowest BCUT2D eigenvalue weighted by atomic mass is 10.1. The number of carbonyl (C=O) groups excluding carboxylic acids is 1. The largest absolute Gasteiger partial charge is 0.411 e. The van der Waals surface area contributed by atoms with Crippen LogP contribution < -0.4 is 4.90 Å². The van der Waals surface area contributed by atoms with Gasteiger partial charge in [0.05, 0.1) is 5.75 Å². The lowest BCUT2D eigenvalue weighted by Gasteiger charge is -2.37. The van der Waals surface area contributed by atoms with Crippen molar-refractivity contribution < 1.29 is 9.21 Å². The van der Waals surface area contributed by atoms with Crippen LogP contribution in [0.2, 0.25) is 5.02 Å². The first-order valence-corrected chi connectivity index (χ1v) is 11.2. The molecule has 0 radical (unpaired) electrons. The Morgan fingerprint density at radius 2 is 1.80 bits per heavy atom. The Hall–Kier alpha value is -2.51. The zero-order chi connectivity index (χ0) is 21.1. The van der Waals surface area contributed by atoms with Crippen LogP contribution in [0.3, 0.4) is 0 Å². The zero-order valence-electron chi connectivity index (χ0n) is 17.0. The number of hydrogen-bond donors (Lipinski definition) is 0. The molecular weight excluding hydrogens is 420 g/mol. The van der Waals surface area contributed by atoms with Gasteiger partial charge in [-0.2, -0.15) is 0 Å². The number of anilines is 1. The second-order valence-corrected chi connectivity index (χ2v) is 8.62. The van der Waals surface area contributed by atoms with Gasteiger partial charge in [0.2, 0.25) is 11.8 Å². The molecule has 1 fully saturated rings. The number of carbonyl (C=O) groups is 1. The molecule has 1 amide bonds. The van der Waals surface area contributed by atoms with E-state index in [4.69, 9.17) is 16.0 Å². The van der Waals surface area contributed by atoms with Gasteiger partial charge in [0, 0.05) is 42.5 Å². The van der Waals surface area contributed by atoms with Crippen LogP contribution in [-0.4, -0.2) is 52.9 Å². The van der Waals surface area contributed by atoms with E-state index < -0.39 is 0 Å². The molecule has 1 aliphatic rings. The SMILES string of the molecule is Cc1cccc(N2CCN(C(=O)CSc3nnc(-c4ccc(Cl)cc4)o3)CC2)c1C. The summed E-state index contributed by atoms with van der Waals surface area (Å²) < 4.78 is 5.67. The van der Waals surface area contributed by atoms with Gasteiger partial charge in [-0.3, -0.25) is 4.79 Å². The fourth-order valence-electron chi connectivity index (χ4n) is 3.47. The van der Waals surface area contributed by atoms with Crippen LogP contribution in [0.5, 0.6) is 0 Å². The number of nitrogens with zero attached hydrogens (tertiary/aromatic N) is 4. The summed E-state index contributed by atoms with van der Waals surface area (Å²) in [5, 5.41) is 9.13. The smallest absolute Gasteiger partial charge is 0.277 e. The Morgan fingerprint density at radius 1 is 1.07 bits per heavy atom. The second kappa shape index (κ2) is 9.10. The molecule has 3 aromatic rings. The van der Waals surface area contributed by atoms with Gasteiger partial charge in [-0.25, -0.2) is 0 Å². The molecule has 30 heavy (non-hydrogen) atoms. The third-order valence-corrected chi connectivity index (χ3v) is 6.42. The van der Waals surface area contributed by atoms with Crippen molar-refractivity contribution in [1.29, 1.82) is 0 Å². The van der Waals surface area contributed by atoms with Gasteiger partial charge in [0.1, 0.15) is 0 Å². The van der Waals surface area contributed by atoms with Crippen molar-refractivity contribution in [1.82, 2.24) is 15.1 Å². The topological polar surface area (TPSA) is 62.5 Å². The highest BCUT2D eigenvalue weighted by Gasteiger charge is 2.23. The fourth-order valence-corrected chi connectivity index (χ4v) is 4.26. The molecule has 1 aromatic heterocycles. The van der Waals surface area contributed by atoms with Crippen LogP contribution in [0.15, 0.2) is 52.1 Å². The number of rotatable bonds is 5. The highest BCUT2D eigenvalue weighted by Crippen LogP contribution is 2.26. The van der Waals surface area contributed by atoms with Gasteiger partial charge < -0.3 is 14.2 Å². The first-order valence-electron chi connectivity index (χ1n) is 9.82. The fraction of sp³-hybridized carbons (Fsp3) is 0.318. The number of aryl methyl sites for hydroxylation is 1. The number of benzene rings is 2. The Morgan fingerprint density at radius 3 is 2.53 bits per heavy atom. The van der Waals surface area contributed by atoms with Gasteiger partial charge in [-0.15, -0.1) is 10.2 Å². The Balaban J connectivity index is 1.29. The van der Waals surface area contributed by atoms with Crippen molar-refractivity contribution in [3.63, 3.8) is 0 Å². The maximum atomic E-state index is 12.6. The predicted octanol–water partition coefficient (Wildman–Crippen LogP) is 4.45. The maximum Gasteiger partial charge on any atom is 0.277 e. The minimum atomic E-state index is 0.0897. The standard InChI is InChI=1S/C22H23ClN4O2S/c1-15-4-3-5-19(16(15)2)26-10-12-27(13-11-26)20(28)14-30-22-25-24-21(29-22)17-6-8-18(23)9-7-17/h3-9H,10-14H2,1-2H3. The molecule has 0 aliphatic carbocycles. The van der Waals surface area contributed by atoms with Crippen molar-refractivity contribution in [2.24, 2.45) is 0 Å². The van der Waals surface area contributed by atoms with Gasteiger partial charge in [-0.1, -0.05) is 35.5 Å². The summed E-state index contributed by atoms with van der Waals surface area (Å²) in [5.74, 6) is 0.793. The third-order valence-electron chi connectivity index (χ3n) is 5.37. The van der Waals surface area contributed by atoms with Crippen LogP contribution in [0, 0.1) is 13.8 Å². The summed E-state index contributed by atoms with van der Waals surface area (Å²) in [5.41, 5.74) is 4.66. The summed E-state index contributed by atoms with van der Waals surface area (Å²) in [7, 11) is 0. The minimum absolute atomic E-state index is 0.0897. The van der Waals surface area contributed by atoms with E-state index in [0.717, 1.165) is 18.7 Å². The van der Waals surface area contributed by atoms with E-state index in [2.05, 4.69) is 47.1 Å². The molecule has 1 aliphatic heterocycles. The molecule has 1 saturated heterocycles. The Labute approximate surface area is 185 Å². The average molecular weight is 443 g/mol. The molecule has 6 nitrogen and oxygen atoms in total. The highest BCUT2D eigenvalue weighted by atomic mass is 35.5. The molecule has 0 atom stereocenters. The predicted molar refractivity (Wildman–Crippen MR) is 120 cm³/mol. The lowest BCUT2D eigenvalue weighted by Crippen LogP contribution is -2.49. The lowest BCUT2D eigenvalue weighted by molar-refractivity contribution is -0.128. The molecule has 0 unspecified atom stereocenters. The van der Waals surface area contributed by atoms with Crippen molar-refractivity contribution in [2.45, 2.75) is 19.1 Å². The van der Waals surface area contributed by atoms with E-state index in [-0.39, 0.29) is 11.7 Å². The summed E-state index contributed by atoms with van der Waals surface area (Å²) in [6.07, 6.45) is 0. The summed E-state index contributed by atoms with van der Waals surface area (Å²) in [6, 6.07) is 13.6. The Bertz CT molecular complexity index is 1030. The van der Waals surface area contributed by atoms with E-state index in [9.17, 15) is 4.79 Å². The van der Waals surface area contributed by atoms with Crippen molar-refractivity contribution in [3.8, 4) is 11.5 Å². The second-order valence-electron chi connectivity index (χ2n) is 7.26. The number of halogens is 1. The first kappa shape index (κ1) is 20.8. The van der Waals surface area contributed by atoms with Crippen LogP contribution in [0.1, 0.15) is 11.1 Å². The molecule has 0 spiro atoms. The van der Waals surface area contributed by atoms with Gasteiger partial charge in [0.15, 0.2) is 0 Å². The monoisotopic (exact) mass is 442 g/mol. The number of aromatic nitrogens is 2. The third kappa shape index (κ3) is 4.63. The highest BCUT2D eigenvalue weighted by molar-refractivity contribution is 7.99. The number of thioether (sulfide) groups is 1. The molecular formula is C22H23ClN4O2S. The molecule has 4 rings (SSSR count). The van der Waals surface area contributed by atoms with E-state index in [1.54, 1.807) is 12.1 Å². The van der Waals surface area contributed by atoms with E-state index >= 15 is 0 Å². The van der Waals surface area contributed by atoms with Gasteiger partial charge in [-0.05, 0) is 55.3 Å². The van der Waals surface area contributed by atoms with Crippen molar-refractivity contribution >= 4 is 35.0 Å². The normalized spacial score (nSPS) is 14.2. The molecule has 8 heteroatoms. The summed E-state index contributed by atoms with van der Waals surface area (Å²) in [6.45, 7) is 7.39. The van der Waals surface area contributed by atoms with E-state index in [1.165, 1.54) is 28.6 Å². The first-order chi connectivity index (χ1) is 14.5. The molecule has 0 saturated carbocycles. The van der Waals surface area contributed by atoms with E-state index in [0.29, 0.717) is 29.2 Å². The van der Waals surface area contributed by atoms with Crippen LogP contribution in [0.25, 0.3) is 11.5 Å². The van der Waals surface area contributed by atoms with Gasteiger partial charge in [0.25, 0.3) is 5.22 Å².